The molecule has 1 aliphatic rings. The van der Waals surface area contributed by atoms with Gasteiger partial charge in [-0.15, -0.1) is 11.3 Å². The van der Waals surface area contributed by atoms with Crippen LogP contribution in [0.1, 0.15) is 4.88 Å². The van der Waals surface area contributed by atoms with E-state index in [9.17, 15) is 9.59 Å². The van der Waals surface area contributed by atoms with Crippen molar-refractivity contribution in [1.29, 1.82) is 0 Å². The van der Waals surface area contributed by atoms with Crippen molar-refractivity contribution in [2.45, 2.75) is 0 Å². The van der Waals surface area contributed by atoms with Crippen LogP contribution in [-0.4, -0.2) is 49.4 Å². The van der Waals surface area contributed by atoms with Crippen LogP contribution in [0.4, 0.5) is 5.69 Å². The third kappa shape index (κ3) is 5.17. The van der Waals surface area contributed by atoms with Gasteiger partial charge in [-0.2, -0.15) is 0 Å². The summed E-state index contributed by atoms with van der Waals surface area (Å²) < 4.78 is 0. The predicted molar refractivity (Wildman–Crippen MR) is 106 cm³/mol. The predicted octanol–water partition coefficient (Wildman–Crippen LogP) is 1.78. The van der Waals surface area contributed by atoms with Crippen molar-refractivity contribution in [2.75, 3.05) is 38.0 Å². The molecular weight excluding hydrogens is 370 g/mol. The third-order valence-corrected chi connectivity index (χ3v) is 5.44. The van der Waals surface area contributed by atoms with E-state index in [1.807, 2.05) is 40.6 Å². The molecule has 136 valence electrons. The minimum Gasteiger partial charge on any atom is -0.328 e. The average Bonchev–Trinajstić information content (AvgIpc) is 3.16. The van der Waals surface area contributed by atoms with Crippen LogP contribution < -0.4 is 10.2 Å². The number of hydrogen-bond acceptors (Lipinski definition) is 3. The van der Waals surface area contributed by atoms with E-state index in [1.54, 1.807) is 29.5 Å². The largest absolute Gasteiger partial charge is 0.328 e. The maximum absolute atomic E-state index is 12.2. The highest BCUT2D eigenvalue weighted by atomic mass is 35.5. The van der Waals surface area contributed by atoms with Gasteiger partial charge in [-0.3, -0.25) is 9.59 Å². The smallest absolute Gasteiger partial charge is 0.279 e. The molecule has 1 fully saturated rings. The number of nitrogens with zero attached hydrogens (tertiary/aromatic N) is 1. The highest BCUT2D eigenvalue weighted by Gasteiger charge is 2.24. The summed E-state index contributed by atoms with van der Waals surface area (Å²) in [5.74, 6) is -0.0385. The fourth-order valence-corrected chi connectivity index (χ4v) is 3.65. The fraction of sp³-hybridized carbons (Fsp3) is 0.263. The number of nitrogens with one attached hydrogen (secondary N) is 2. The Kier molecular flexibility index (Phi) is 6.44. The molecule has 0 unspecified atom stereocenters. The number of carbonyl (C=O) groups excluding carboxylic acids is 2. The van der Waals surface area contributed by atoms with E-state index in [0.717, 1.165) is 18.0 Å². The van der Waals surface area contributed by atoms with Crippen LogP contribution in [0.25, 0.3) is 6.08 Å². The zero-order chi connectivity index (χ0) is 18.4. The first-order valence-electron chi connectivity index (χ1n) is 8.50. The number of piperazine rings is 1. The summed E-state index contributed by atoms with van der Waals surface area (Å²) >= 11 is 7.67. The topological polar surface area (TPSA) is 53.9 Å². The Bertz CT molecular complexity index is 784. The van der Waals surface area contributed by atoms with Gasteiger partial charge in [-0.1, -0.05) is 29.8 Å². The van der Waals surface area contributed by atoms with Crippen LogP contribution in [0, 0.1) is 0 Å². The van der Waals surface area contributed by atoms with Crippen LogP contribution in [0.3, 0.4) is 0 Å². The van der Waals surface area contributed by atoms with Gasteiger partial charge in [-0.05, 0) is 29.7 Å². The number of hydrogen-bond donors (Lipinski definition) is 2. The van der Waals surface area contributed by atoms with Gasteiger partial charge in [0.25, 0.3) is 5.91 Å². The second-order valence-electron chi connectivity index (χ2n) is 6.13. The number of amides is 2. The maximum Gasteiger partial charge on any atom is 0.279 e. The van der Waals surface area contributed by atoms with Crippen LogP contribution in [0.15, 0.2) is 47.9 Å². The molecule has 2 heterocycles. The molecular formula is C19H21ClN3O2S+. The molecule has 7 heteroatoms. The monoisotopic (exact) mass is 390 g/mol. The zero-order valence-electron chi connectivity index (χ0n) is 14.3. The number of halogens is 1. The van der Waals surface area contributed by atoms with E-state index in [2.05, 4.69) is 5.32 Å². The molecule has 2 aromatic rings. The maximum atomic E-state index is 12.2. The van der Waals surface area contributed by atoms with E-state index < -0.39 is 0 Å². The van der Waals surface area contributed by atoms with E-state index in [0.29, 0.717) is 30.3 Å². The first-order chi connectivity index (χ1) is 12.6. The second-order valence-corrected chi connectivity index (χ2v) is 7.52. The minimum atomic E-state index is -0.0644. The van der Waals surface area contributed by atoms with Gasteiger partial charge in [0.05, 0.1) is 36.9 Å². The normalized spacial score (nSPS) is 15.3. The van der Waals surface area contributed by atoms with Crippen molar-refractivity contribution in [3.8, 4) is 0 Å². The van der Waals surface area contributed by atoms with E-state index in [-0.39, 0.29) is 11.8 Å². The summed E-state index contributed by atoms with van der Waals surface area (Å²) in [7, 11) is 0. The molecule has 1 saturated heterocycles. The first kappa shape index (κ1) is 18.6. The Hall–Kier alpha value is -2.15. The quantitative estimate of drug-likeness (QED) is 0.765. The molecule has 0 bridgehead atoms. The second kappa shape index (κ2) is 8.98. The lowest BCUT2D eigenvalue weighted by molar-refractivity contribution is -0.895. The first-order valence-corrected chi connectivity index (χ1v) is 9.76. The van der Waals surface area contributed by atoms with Crippen molar-refractivity contribution in [2.24, 2.45) is 0 Å². The molecule has 0 saturated carbocycles. The van der Waals surface area contributed by atoms with Crippen molar-refractivity contribution in [3.63, 3.8) is 0 Å². The Morgan fingerprint density at radius 3 is 2.65 bits per heavy atom. The third-order valence-electron chi connectivity index (χ3n) is 4.27. The Balaban J connectivity index is 1.44. The lowest BCUT2D eigenvalue weighted by Gasteiger charge is -2.31. The molecule has 5 nitrogen and oxygen atoms in total. The molecule has 2 amide bonds. The number of carbonyl (C=O) groups is 2. The average molecular weight is 391 g/mol. The SMILES string of the molecule is O=C(C[NH+]1CCN(C(=O)/C=C/c2cccs2)CC1)Nc1ccccc1Cl. The van der Waals surface area contributed by atoms with Crippen LogP contribution in [0.2, 0.25) is 5.02 Å². The molecule has 1 aliphatic heterocycles. The Morgan fingerprint density at radius 1 is 1.19 bits per heavy atom. The number of quaternary nitrogens is 1. The fourth-order valence-electron chi connectivity index (χ4n) is 2.85. The Labute approximate surface area is 161 Å². The highest BCUT2D eigenvalue weighted by molar-refractivity contribution is 7.10. The molecule has 3 rings (SSSR count). The van der Waals surface area contributed by atoms with Gasteiger partial charge in [0.2, 0.25) is 5.91 Å². The lowest BCUT2D eigenvalue weighted by atomic mass is 10.2. The van der Waals surface area contributed by atoms with Crippen molar-refractivity contribution in [3.05, 3.63) is 57.8 Å². The van der Waals surface area contributed by atoms with Crippen LogP contribution in [0.5, 0.6) is 0 Å². The number of para-hydroxylation sites is 1. The molecule has 0 spiro atoms. The van der Waals surface area contributed by atoms with Gasteiger partial charge in [0, 0.05) is 11.0 Å². The highest BCUT2D eigenvalue weighted by Crippen LogP contribution is 2.19. The summed E-state index contributed by atoms with van der Waals surface area (Å²) in [5.41, 5.74) is 0.631. The van der Waals surface area contributed by atoms with E-state index in [1.165, 1.54) is 4.90 Å². The summed E-state index contributed by atoms with van der Waals surface area (Å²) in [6.45, 7) is 3.20. The summed E-state index contributed by atoms with van der Waals surface area (Å²) in [5, 5.41) is 5.36. The molecule has 0 aliphatic carbocycles. The Morgan fingerprint density at radius 2 is 1.96 bits per heavy atom. The summed E-state index contributed by atoms with van der Waals surface area (Å²) in [6, 6.07) is 11.1. The minimum absolute atomic E-state index is 0.0259. The molecule has 26 heavy (non-hydrogen) atoms. The molecule has 0 atom stereocenters. The van der Waals surface area contributed by atoms with Gasteiger partial charge in [-0.25, -0.2) is 0 Å². The van der Waals surface area contributed by atoms with Gasteiger partial charge < -0.3 is 15.1 Å². The molecule has 1 aromatic heterocycles. The van der Waals surface area contributed by atoms with Gasteiger partial charge in [0.1, 0.15) is 0 Å². The number of benzene rings is 1. The molecule has 0 radical (unpaired) electrons. The van der Waals surface area contributed by atoms with Crippen molar-refractivity contribution in [1.82, 2.24) is 4.90 Å². The number of rotatable bonds is 5. The van der Waals surface area contributed by atoms with Gasteiger partial charge >= 0.3 is 0 Å². The standard InChI is InChI=1S/C19H20ClN3O2S/c20-16-5-1-2-6-17(16)21-18(24)14-22-9-11-23(12-10-22)19(25)8-7-15-4-3-13-26-15/h1-8,13H,9-12,14H2,(H,21,24)/p+1/b8-7+. The summed E-state index contributed by atoms with van der Waals surface area (Å²) in [4.78, 5) is 28.5. The molecule has 2 N–H and O–H groups in total. The van der Waals surface area contributed by atoms with Crippen molar-refractivity contribution < 1.29 is 14.5 Å². The number of anilines is 1. The van der Waals surface area contributed by atoms with Crippen LogP contribution >= 0.6 is 22.9 Å². The van der Waals surface area contributed by atoms with E-state index in [4.69, 9.17) is 11.6 Å². The molecule has 1 aromatic carbocycles. The van der Waals surface area contributed by atoms with Crippen LogP contribution in [-0.2, 0) is 9.59 Å². The van der Waals surface area contributed by atoms with E-state index >= 15 is 0 Å². The zero-order valence-corrected chi connectivity index (χ0v) is 15.9. The van der Waals surface area contributed by atoms with Crippen molar-refractivity contribution >= 4 is 46.5 Å². The van der Waals surface area contributed by atoms with Gasteiger partial charge in [0.15, 0.2) is 6.54 Å². The lowest BCUT2D eigenvalue weighted by Crippen LogP contribution is -3.15. The number of thiophene rings is 1. The summed E-state index contributed by atoms with van der Waals surface area (Å²) in [6.07, 6.45) is 3.48.